The summed E-state index contributed by atoms with van der Waals surface area (Å²) < 4.78 is 62.0. The van der Waals surface area contributed by atoms with E-state index in [2.05, 4.69) is 34.4 Å². The first-order valence-electron chi connectivity index (χ1n) is 16.7. The Kier molecular flexibility index (Phi) is 17.9. The van der Waals surface area contributed by atoms with Crippen LogP contribution < -0.4 is 16.4 Å². The Hall–Kier alpha value is -3.01. The molecular formula is C27H44N7O20P3S. The smallest absolute Gasteiger partial charge is 0.481 e. The van der Waals surface area contributed by atoms with Gasteiger partial charge in [-0.3, -0.25) is 37.3 Å². The van der Waals surface area contributed by atoms with E-state index >= 15 is 0 Å². The van der Waals surface area contributed by atoms with E-state index in [0.29, 0.717) is 0 Å². The van der Waals surface area contributed by atoms with Crippen molar-refractivity contribution < 1.29 is 95.5 Å². The zero-order valence-corrected chi connectivity index (χ0v) is 34.1. The van der Waals surface area contributed by atoms with Crippen molar-refractivity contribution in [3.05, 3.63) is 12.7 Å². The molecular weight excluding hydrogens is 867 g/mol. The Morgan fingerprint density at radius 3 is 2.34 bits per heavy atom. The van der Waals surface area contributed by atoms with Crippen molar-refractivity contribution in [2.45, 2.75) is 63.8 Å². The van der Waals surface area contributed by atoms with Crippen LogP contribution in [0.25, 0.3) is 11.2 Å². The number of aliphatic hydroxyl groups excluding tert-OH is 3. The van der Waals surface area contributed by atoms with Gasteiger partial charge in [-0.25, -0.2) is 28.6 Å². The number of nitrogens with two attached hydrogens (primary N) is 1. The van der Waals surface area contributed by atoms with Crippen molar-refractivity contribution in [3.8, 4) is 0 Å². The van der Waals surface area contributed by atoms with Gasteiger partial charge in [0.2, 0.25) is 11.8 Å². The number of aromatic nitrogens is 4. The first kappa shape index (κ1) is 49.4. The maximum Gasteiger partial charge on any atom is 0.481 e. The first-order valence-corrected chi connectivity index (χ1v) is 22.2. The fourth-order valence-corrected chi connectivity index (χ4v) is 8.65. The van der Waals surface area contributed by atoms with Gasteiger partial charge >= 0.3 is 29.4 Å². The number of rotatable bonds is 24. The van der Waals surface area contributed by atoms with Gasteiger partial charge < -0.3 is 61.1 Å². The molecule has 2 amide bonds. The van der Waals surface area contributed by atoms with Crippen molar-refractivity contribution >= 4 is 75.1 Å². The molecule has 0 aliphatic carbocycles. The second-order valence-corrected chi connectivity index (χ2v) is 18.5. The van der Waals surface area contributed by atoms with Crippen molar-refractivity contribution in [2.75, 3.05) is 44.4 Å². The SMILES string of the molecule is CC(C)(COP(=O)(O)OP(=O)(O)OC[C@H]1O[C@@H](n2cnc3c(N)ncnc32)[C@H](O)[C@@H]1OP(=O)(O)O)[C@@H](O)C(=O)NCCC(=O)NCCSC(=O)C[C@@H](CO)CC(=O)O. The number of aliphatic carboxylic acids is 1. The molecule has 0 bridgehead atoms. The molecule has 0 spiro atoms. The van der Waals surface area contributed by atoms with Crippen LogP contribution in [0.15, 0.2) is 12.7 Å². The molecule has 3 heterocycles. The van der Waals surface area contributed by atoms with Crippen LogP contribution >= 0.6 is 35.2 Å². The van der Waals surface area contributed by atoms with Gasteiger partial charge in [-0.2, -0.15) is 4.31 Å². The monoisotopic (exact) mass is 911 g/mol. The van der Waals surface area contributed by atoms with E-state index in [9.17, 15) is 67.8 Å². The molecule has 2 aromatic heterocycles. The lowest BCUT2D eigenvalue weighted by molar-refractivity contribution is -0.139. The molecule has 3 rings (SSSR count). The number of fused-ring (bicyclic) bond motifs is 1. The number of ether oxygens (including phenoxy) is 1. The van der Waals surface area contributed by atoms with Gasteiger partial charge in [-0.05, 0) is 0 Å². The van der Waals surface area contributed by atoms with Crippen LogP contribution in [0.4, 0.5) is 5.82 Å². The number of phosphoric ester groups is 3. The highest BCUT2D eigenvalue weighted by atomic mass is 32.2. The van der Waals surface area contributed by atoms with Gasteiger partial charge in [0.15, 0.2) is 22.8 Å². The molecule has 27 nitrogen and oxygen atoms in total. The number of nitrogens with zero attached hydrogens (tertiary/aromatic N) is 4. The number of carboxylic acids is 1. The number of phosphoric acid groups is 3. The molecule has 31 heteroatoms. The molecule has 8 atom stereocenters. The van der Waals surface area contributed by atoms with Crippen LogP contribution in [0, 0.1) is 11.3 Å². The van der Waals surface area contributed by atoms with E-state index in [-0.39, 0.29) is 60.2 Å². The predicted octanol–water partition coefficient (Wildman–Crippen LogP) is -1.86. The van der Waals surface area contributed by atoms with Crippen LogP contribution in [0.5, 0.6) is 0 Å². The van der Waals surface area contributed by atoms with Crippen molar-refractivity contribution in [1.29, 1.82) is 0 Å². The predicted molar refractivity (Wildman–Crippen MR) is 195 cm³/mol. The number of thioether (sulfide) groups is 1. The lowest BCUT2D eigenvalue weighted by Gasteiger charge is -2.30. The summed E-state index contributed by atoms with van der Waals surface area (Å²) in [4.78, 5) is 98.2. The Labute approximate surface area is 332 Å². The highest BCUT2D eigenvalue weighted by molar-refractivity contribution is 8.13. The fraction of sp³-hybridized carbons (Fsp3) is 0.667. The number of anilines is 1. The Morgan fingerprint density at radius 2 is 1.71 bits per heavy atom. The van der Waals surface area contributed by atoms with Gasteiger partial charge in [0.25, 0.3) is 0 Å². The summed E-state index contributed by atoms with van der Waals surface area (Å²) >= 11 is 0.837. The molecule has 2 unspecified atom stereocenters. The number of hydrogen-bond acceptors (Lipinski definition) is 20. The number of carbonyl (C=O) groups is 4. The summed E-state index contributed by atoms with van der Waals surface area (Å²) in [6, 6.07) is 0. The number of hydrogen-bond donors (Lipinski definition) is 11. The van der Waals surface area contributed by atoms with E-state index in [0.717, 1.165) is 29.0 Å². The molecule has 1 fully saturated rings. The number of carbonyl (C=O) groups excluding carboxylic acids is 3. The van der Waals surface area contributed by atoms with Crippen molar-refractivity contribution in [1.82, 2.24) is 30.2 Å². The second kappa shape index (κ2) is 21.0. The number of carboxylic acid groups (broad SMARTS) is 1. The molecule has 328 valence electrons. The lowest BCUT2D eigenvalue weighted by atomic mass is 9.87. The summed E-state index contributed by atoms with van der Waals surface area (Å²) in [6.45, 7) is -0.341. The zero-order valence-electron chi connectivity index (χ0n) is 30.6. The summed E-state index contributed by atoms with van der Waals surface area (Å²) in [6.07, 6.45) is -7.69. The number of nitrogen functional groups attached to an aromatic ring is 1. The maximum atomic E-state index is 12.7. The highest BCUT2D eigenvalue weighted by Gasteiger charge is 2.50. The van der Waals surface area contributed by atoms with Gasteiger partial charge in [-0.15, -0.1) is 0 Å². The summed E-state index contributed by atoms with van der Waals surface area (Å²) in [7, 11) is -16.5. The molecule has 0 radical (unpaired) electrons. The highest BCUT2D eigenvalue weighted by Crippen LogP contribution is 2.61. The molecule has 0 saturated carbocycles. The molecule has 1 saturated heterocycles. The van der Waals surface area contributed by atoms with E-state index < -0.39 is 103 Å². The van der Waals surface area contributed by atoms with Crippen molar-refractivity contribution in [2.24, 2.45) is 11.3 Å². The summed E-state index contributed by atoms with van der Waals surface area (Å²) in [5, 5.41) is 43.8. The number of amides is 2. The van der Waals surface area contributed by atoms with E-state index in [4.69, 9.17) is 24.6 Å². The van der Waals surface area contributed by atoms with Crippen molar-refractivity contribution in [3.63, 3.8) is 0 Å². The first-order chi connectivity index (χ1) is 26.8. The Balaban J connectivity index is 1.46. The quantitative estimate of drug-likeness (QED) is 0.0406. The van der Waals surface area contributed by atoms with E-state index in [1.807, 2.05) is 0 Å². The minimum Gasteiger partial charge on any atom is -0.481 e. The van der Waals surface area contributed by atoms with Gasteiger partial charge in [-0.1, -0.05) is 25.6 Å². The van der Waals surface area contributed by atoms with Crippen LogP contribution in [-0.2, 0) is 55.5 Å². The third-order valence-corrected chi connectivity index (χ3v) is 11.9. The largest absolute Gasteiger partial charge is 0.481 e. The summed E-state index contributed by atoms with van der Waals surface area (Å²) in [5.74, 6) is -3.36. The second-order valence-electron chi connectivity index (χ2n) is 13.1. The third-order valence-electron chi connectivity index (χ3n) is 7.94. The molecule has 1 aliphatic rings. The molecule has 2 aromatic rings. The van der Waals surface area contributed by atoms with Crippen LogP contribution in [0.2, 0.25) is 0 Å². The standard InChI is InChI=1S/C27H44N7O20P3S/c1-27(2,22(41)25(42)30-4-3-16(36)29-5-6-58-18(39)8-14(9-35)7-17(37)38)11-51-57(48,49)54-56(46,47)50-10-15-21(53-55(43,44)45)20(40)26(52-15)34-13-33-19-23(28)31-12-32-24(19)34/h12-15,20-22,26,35,40-41H,3-11H2,1-2H3,(H,29,36)(H,30,42)(H,37,38)(H,46,47)(H,48,49)(H2,28,31,32)(H2,43,44,45)/t14-,15+,20+,21+,22-,26+/m0/s1. The minimum atomic E-state index is -5.60. The van der Waals surface area contributed by atoms with Gasteiger partial charge in [0.1, 0.15) is 36.3 Å². The normalized spacial score (nSPS) is 21.8. The Morgan fingerprint density at radius 1 is 1.03 bits per heavy atom. The van der Waals surface area contributed by atoms with E-state index in [1.54, 1.807) is 0 Å². The Bertz CT molecular complexity index is 1920. The molecule has 1 aliphatic heterocycles. The average Bonchev–Trinajstić information content (AvgIpc) is 3.67. The van der Waals surface area contributed by atoms with Crippen LogP contribution in [-0.4, -0.2) is 145 Å². The zero-order chi connectivity index (χ0) is 43.6. The maximum absolute atomic E-state index is 12.7. The number of nitrogens with one attached hydrogen (secondary N) is 2. The third kappa shape index (κ3) is 15.2. The van der Waals surface area contributed by atoms with Crippen LogP contribution in [0.1, 0.15) is 39.3 Å². The lowest BCUT2D eigenvalue weighted by Crippen LogP contribution is -2.46. The van der Waals surface area contributed by atoms with Crippen LogP contribution in [0.3, 0.4) is 0 Å². The molecule has 58 heavy (non-hydrogen) atoms. The molecule has 0 aromatic carbocycles. The number of aliphatic hydroxyl groups is 3. The summed E-state index contributed by atoms with van der Waals surface area (Å²) in [5.41, 5.74) is 4.18. The van der Waals surface area contributed by atoms with Gasteiger partial charge in [0.05, 0.1) is 26.0 Å². The number of imidazole rings is 1. The topological polar surface area (TPSA) is 421 Å². The van der Waals surface area contributed by atoms with Gasteiger partial charge in [0, 0.05) is 49.6 Å². The van der Waals surface area contributed by atoms with E-state index in [1.165, 1.54) is 13.8 Å². The molecule has 12 N–H and O–H groups in total. The fourth-order valence-electron chi connectivity index (χ4n) is 5.04. The average molecular weight is 912 g/mol. The minimum absolute atomic E-state index is 0.0157.